The maximum Gasteiger partial charge on any atom is 0.305 e. The Hall–Kier alpha value is -10.9. The molecule has 0 bridgehead atoms. The van der Waals surface area contributed by atoms with E-state index in [2.05, 4.69) is 103 Å². The van der Waals surface area contributed by atoms with Crippen molar-refractivity contribution in [3.63, 3.8) is 0 Å². The average Bonchev–Trinajstić information content (AvgIpc) is 1.73. The molecule has 44 nitrogen and oxygen atoms in total. The molecule has 714 valence electrons. The normalized spacial score (nSPS) is 16.3. The summed E-state index contributed by atoms with van der Waals surface area (Å²) in [5.74, 6) is -21.4. The summed E-state index contributed by atoms with van der Waals surface area (Å²) in [4.78, 5) is 275. The van der Waals surface area contributed by atoms with Gasteiger partial charge in [0, 0.05) is 38.6 Å². The SMILES string of the molecule is CCCC(=O)[C@H](CC(C)C)NC(=O)[C@H](CC(=O)O)NC(=O)[C@@H](NC(=O)[C@H](CCC(=O)O)NC(=O)CNC(=O)[C@@H](NC(=O)[C@H](CC(C)C)NC(=O)[C@H](CC(C)C)NC(=O)[C@H](CC(C)C)NC(=O)[C@H](CC(C)C)NC(=O)[C@H](CS)NC(=O)[C@H](CO)NC(=O)[C@H](C)NC(=O)CNC(=O)[C@H](CCCN=C(N)N)NC(=O)[C@@H]1CCCN1C(=O)[C@H](C)NC(C)=O)[C@@H](C)O)[C@@H](C)CC. The van der Waals surface area contributed by atoms with Gasteiger partial charge in [0.25, 0.3) is 0 Å². The molecule has 1 fully saturated rings. The lowest BCUT2D eigenvalue weighted by molar-refractivity contribution is -0.142. The van der Waals surface area contributed by atoms with Crippen molar-refractivity contribution < 1.29 is 116 Å². The van der Waals surface area contributed by atoms with E-state index in [9.17, 15) is 116 Å². The highest BCUT2D eigenvalue weighted by atomic mass is 32.1. The number of carbonyl (C=O) groups excluding carboxylic acids is 18. The molecule has 1 rings (SSSR count). The number of rotatable bonds is 59. The minimum absolute atomic E-state index is 0.0325. The van der Waals surface area contributed by atoms with Crippen LogP contribution in [0.5, 0.6) is 0 Å². The van der Waals surface area contributed by atoms with Crippen molar-refractivity contribution in [2.75, 3.05) is 38.5 Å². The van der Waals surface area contributed by atoms with Crippen LogP contribution in [0.3, 0.4) is 0 Å². The Bertz CT molecular complexity index is 3750. The smallest absolute Gasteiger partial charge is 0.305 e. The van der Waals surface area contributed by atoms with Gasteiger partial charge in [-0.25, -0.2) is 0 Å². The quantitative estimate of drug-likeness (QED) is 0.0118. The number of hydrogen-bond donors (Lipinski definition) is 23. The fourth-order valence-corrected chi connectivity index (χ4v) is 13.5. The topological polar surface area (TPSA) is 682 Å². The van der Waals surface area contributed by atoms with Gasteiger partial charge in [0.05, 0.1) is 38.3 Å². The summed E-state index contributed by atoms with van der Waals surface area (Å²) in [7, 11) is 0. The number of ketones is 1. The number of likely N-dealkylation sites (tertiary alicyclic amines) is 1. The summed E-state index contributed by atoms with van der Waals surface area (Å²) in [5, 5.41) is 80.0. The lowest BCUT2D eigenvalue weighted by Crippen LogP contribution is -2.61. The van der Waals surface area contributed by atoms with Crippen molar-refractivity contribution in [1.82, 2.24) is 90.0 Å². The molecule has 1 heterocycles. The monoisotopic (exact) mass is 1810 g/mol. The highest BCUT2D eigenvalue weighted by molar-refractivity contribution is 7.80. The molecule has 17 amide bonds. The zero-order valence-corrected chi connectivity index (χ0v) is 76.4. The van der Waals surface area contributed by atoms with Gasteiger partial charge in [0.2, 0.25) is 100 Å². The van der Waals surface area contributed by atoms with Crippen molar-refractivity contribution in [3.05, 3.63) is 0 Å². The molecule has 0 aromatic heterocycles. The van der Waals surface area contributed by atoms with Crippen molar-refractivity contribution in [2.24, 2.45) is 52.0 Å². The second-order valence-corrected chi connectivity index (χ2v) is 34.2. The van der Waals surface area contributed by atoms with Crippen molar-refractivity contribution in [3.8, 4) is 0 Å². The van der Waals surface area contributed by atoms with E-state index in [0.29, 0.717) is 12.8 Å². The average molecular weight is 1810 g/mol. The summed E-state index contributed by atoms with van der Waals surface area (Å²) in [6.07, 6.45) is -2.28. The highest BCUT2D eigenvalue weighted by Gasteiger charge is 2.42. The second kappa shape index (κ2) is 57.7. The number of nitrogens with one attached hydrogen (secondary N) is 16. The lowest BCUT2D eigenvalue weighted by atomic mass is 9.96. The molecule has 0 spiro atoms. The standard InChI is InChI=1S/C81H140N20O24S/c1-18-22-60(105)51(29-39(3)4)91-73(118)56(34-64(110)111)96-79(124)65(44(13)19-2)99-69(114)50(25-26-63(108)109)89-62(107)36-86-78(123)66(47(16)103)100-74(119)55(33-43(11)12)94-71(116)53(31-41(7)8)92-70(115)52(30-40(5)6)93-72(117)54(32-42(9)10)95-76(121)58(38-126)98-75(120)57(37-102)97-67(112)45(14)88-61(106)35-85-68(113)49(23-20-27-84-81(82)83)90-77(122)59-24-21-28-101(59)80(125)46(15)87-48(17)104/h39-47,49-59,65-66,102-103,126H,18-38H2,1-17H3,(H,85,113)(H,86,123)(H,87,104)(H,88,106)(H,89,107)(H,90,122)(H,91,118)(H,92,115)(H,93,117)(H,94,116)(H,95,121)(H,96,124)(H,97,112)(H,98,120)(H,99,114)(H,100,119)(H,108,109)(H,110,111)(H4,82,83,84)/t44-,45-,46-,47+,49-,50-,51-,52-,53-,54-,55-,56-,57-,58-,59-,65-,66-/m0/s1. The van der Waals surface area contributed by atoms with Crippen LogP contribution in [0.4, 0.5) is 0 Å². The van der Waals surface area contributed by atoms with Gasteiger partial charge in [-0.2, -0.15) is 12.6 Å². The first-order valence-electron chi connectivity index (χ1n) is 42.8. The number of nitrogens with zero attached hydrogens (tertiary/aromatic N) is 2. The van der Waals surface area contributed by atoms with E-state index in [1.807, 2.05) is 13.8 Å². The Kier molecular flexibility index (Phi) is 51.8. The number of Topliss-reactive ketones (excluding diaryl/α,β-unsaturated/α-hetero) is 1. The Morgan fingerprint density at radius 1 is 0.437 bits per heavy atom. The number of carboxylic acid groups (broad SMARTS) is 2. The number of carbonyl (C=O) groups is 20. The van der Waals surface area contributed by atoms with Gasteiger partial charge in [-0.1, -0.05) is 96.4 Å². The molecular formula is C81H140N20O24S. The van der Waals surface area contributed by atoms with Crippen LogP contribution < -0.4 is 96.5 Å². The number of aliphatic imine (C=N–C) groups is 1. The van der Waals surface area contributed by atoms with Crippen LogP contribution in [0.1, 0.15) is 214 Å². The zero-order chi connectivity index (χ0) is 96.3. The second-order valence-electron chi connectivity index (χ2n) is 33.8. The molecule has 126 heavy (non-hydrogen) atoms. The van der Waals surface area contributed by atoms with Gasteiger partial charge >= 0.3 is 11.9 Å². The van der Waals surface area contributed by atoms with Crippen LogP contribution >= 0.6 is 12.6 Å². The third-order valence-corrected chi connectivity index (χ3v) is 20.3. The molecule has 1 aliphatic heterocycles. The van der Waals surface area contributed by atoms with Gasteiger partial charge in [0.15, 0.2) is 11.7 Å². The van der Waals surface area contributed by atoms with Gasteiger partial charge < -0.3 is 122 Å². The summed E-state index contributed by atoms with van der Waals surface area (Å²) < 4.78 is 0. The molecule has 0 saturated carbocycles. The Labute approximate surface area is 741 Å². The number of aliphatic hydroxyl groups is 2. The van der Waals surface area contributed by atoms with E-state index in [4.69, 9.17) is 11.5 Å². The highest BCUT2D eigenvalue weighted by Crippen LogP contribution is 2.21. The molecule has 17 atom stereocenters. The predicted octanol–water partition coefficient (Wildman–Crippen LogP) is -4.60. The number of aliphatic hydroxyl groups excluding tert-OH is 2. The Morgan fingerprint density at radius 2 is 0.849 bits per heavy atom. The van der Waals surface area contributed by atoms with Crippen LogP contribution in [0, 0.1) is 35.5 Å². The molecule has 45 heteroatoms. The van der Waals surface area contributed by atoms with Crippen LogP contribution in [0.25, 0.3) is 0 Å². The van der Waals surface area contributed by atoms with Crippen LogP contribution in [0.2, 0.25) is 0 Å². The largest absolute Gasteiger partial charge is 0.481 e. The van der Waals surface area contributed by atoms with E-state index in [1.165, 1.54) is 32.6 Å². The van der Waals surface area contributed by atoms with E-state index in [-0.39, 0.29) is 119 Å². The molecule has 0 radical (unpaired) electrons. The first kappa shape index (κ1) is 113. The number of guanidine groups is 1. The number of amides is 17. The summed E-state index contributed by atoms with van der Waals surface area (Å²) in [6.45, 7) is 25.0. The lowest BCUT2D eigenvalue weighted by Gasteiger charge is -2.29. The van der Waals surface area contributed by atoms with E-state index in [1.54, 1.807) is 69.2 Å². The minimum Gasteiger partial charge on any atom is -0.481 e. The van der Waals surface area contributed by atoms with E-state index >= 15 is 0 Å². The van der Waals surface area contributed by atoms with E-state index < -0.39 is 260 Å². The molecule has 0 aromatic carbocycles. The van der Waals surface area contributed by atoms with E-state index in [0.717, 1.165) is 6.92 Å². The maximum absolute atomic E-state index is 14.5. The fraction of sp³-hybridized carbons (Fsp3) is 0.741. The molecule has 0 aliphatic carbocycles. The number of hydrogen-bond acceptors (Lipinski definition) is 24. The van der Waals surface area contributed by atoms with Gasteiger partial charge in [-0.3, -0.25) is 101 Å². The first-order chi connectivity index (χ1) is 58.8. The van der Waals surface area contributed by atoms with Crippen molar-refractivity contribution in [2.45, 2.75) is 311 Å². The summed E-state index contributed by atoms with van der Waals surface area (Å²) in [5.41, 5.74) is 10.9. The molecular weight excluding hydrogens is 1670 g/mol. The molecule has 0 unspecified atom stereocenters. The Balaban J connectivity index is 3.35. The predicted molar refractivity (Wildman–Crippen MR) is 463 cm³/mol. The third-order valence-electron chi connectivity index (χ3n) is 19.9. The zero-order valence-electron chi connectivity index (χ0n) is 75.5. The molecule has 24 N–H and O–H groups in total. The summed E-state index contributed by atoms with van der Waals surface area (Å²) >= 11 is 4.24. The fourth-order valence-electron chi connectivity index (χ4n) is 13.2. The van der Waals surface area contributed by atoms with Crippen molar-refractivity contribution >= 4 is 137 Å². The van der Waals surface area contributed by atoms with Crippen LogP contribution in [-0.2, 0) is 95.9 Å². The van der Waals surface area contributed by atoms with Gasteiger partial charge in [-0.05, 0) is 127 Å². The Morgan fingerprint density at radius 3 is 1.29 bits per heavy atom. The first-order valence-corrected chi connectivity index (χ1v) is 43.4. The molecule has 0 aromatic rings. The minimum atomic E-state index is -1.84. The molecule has 1 aliphatic rings. The van der Waals surface area contributed by atoms with Crippen molar-refractivity contribution in [1.29, 1.82) is 0 Å². The van der Waals surface area contributed by atoms with Gasteiger partial charge in [0.1, 0.15) is 84.6 Å². The summed E-state index contributed by atoms with van der Waals surface area (Å²) in [6, 6.07) is -21.4. The number of nitrogens with two attached hydrogens (primary N) is 2. The van der Waals surface area contributed by atoms with Gasteiger partial charge in [-0.15, -0.1) is 0 Å². The number of thiol groups is 1. The van der Waals surface area contributed by atoms with Crippen LogP contribution in [-0.4, -0.2) is 285 Å². The van der Waals surface area contributed by atoms with Crippen LogP contribution in [0.15, 0.2) is 4.99 Å². The third kappa shape index (κ3) is 42.9. The maximum atomic E-state index is 14.5. The number of carboxylic acids is 2. The number of aliphatic carboxylic acids is 2. The molecule has 1 saturated heterocycles.